The Morgan fingerprint density at radius 3 is 2.73 bits per heavy atom. The molecule has 0 aliphatic heterocycles. The van der Waals surface area contributed by atoms with E-state index in [0.717, 1.165) is 12.8 Å². The van der Waals surface area contributed by atoms with Crippen molar-refractivity contribution in [3.05, 3.63) is 0 Å². The van der Waals surface area contributed by atoms with Crippen molar-refractivity contribution >= 4 is 12.0 Å². The topological polar surface area (TPSA) is 87.7 Å². The zero-order valence-electron chi connectivity index (χ0n) is 8.28. The second-order valence-electron chi connectivity index (χ2n) is 2.70. The highest BCUT2D eigenvalue weighted by Gasteiger charge is 2.00. The Morgan fingerprint density at radius 2 is 2.13 bits per heavy atom. The van der Waals surface area contributed by atoms with Crippen LogP contribution in [0.25, 0.3) is 0 Å². The van der Waals surface area contributed by atoms with E-state index in [9.17, 15) is 9.59 Å². The third-order valence-electron chi connectivity index (χ3n) is 1.39. The largest absolute Gasteiger partial charge is 0.479 e. The molecule has 84 valence electrons. The Bertz CT molecular complexity index is 247. The Kier molecular flexibility index (Phi) is 7.82. The molecular weight excluding hydrogens is 200 g/mol. The van der Waals surface area contributed by atoms with Gasteiger partial charge in [0.15, 0.2) is 6.61 Å². The molecule has 0 radical (unpaired) electrons. The average Bonchev–Trinajstić information content (AvgIpc) is 2.17. The molecule has 0 unspecified atom stereocenters. The molecular formula is C9H14N2O4. The average molecular weight is 214 g/mol. The lowest BCUT2D eigenvalue weighted by Gasteiger charge is -2.05. The smallest absolute Gasteiger partial charge is 0.338 e. The molecule has 0 heterocycles. The molecule has 0 bridgehead atoms. The third kappa shape index (κ3) is 10.2. The monoisotopic (exact) mass is 214 g/mol. The van der Waals surface area contributed by atoms with Crippen molar-refractivity contribution in [3.63, 3.8) is 0 Å². The Morgan fingerprint density at radius 1 is 1.40 bits per heavy atom. The van der Waals surface area contributed by atoms with Crippen LogP contribution in [0.2, 0.25) is 0 Å². The fraction of sp³-hybridized carbons (Fsp3) is 0.556. The molecule has 0 saturated carbocycles. The number of terminal acetylenes is 1. The SMILES string of the molecule is C#CCCCCNC(=O)NOCC(=O)O. The maximum Gasteiger partial charge on any atom is 0.338 e. The maximum atomic E-state index is 10.9. The van der Waals surface area contributed by atoms with Gasteiger partial charge in [-0.25, -0.2) is 15.1 Å². The first-order valence-electron chi connectivity index (χ1n) is 4.47. The molecule has 6 nitrogen and oxygen atoms in total. The summed E-state index contributed by atoms with van der Waals surface area (Å²) >= 11 is 0. The minimum Gasteiger partial charge on any atom is -0.479 e. The molecule has 6 heteroatoms. The molecule has 3 N–H and O–H groups in total. The molecule has 0 aromatic heterocycles. The third-order valence-corrected chi connectivity index (χ3v) is 1.39. The molecule has 15 heavy (non-hydrogen) atoms. The predicted molar refractivity (Wildman–Crippen MR) is 52.8 cm³/mol. The first-order valence-corrected chi connectivity index (χ1v) is 4.47. The number of carbonyl (C=O) groups is 2. The fourth-order valence-corrected chi connectivity index (χ4v) is 0.753. The number of carboxylic acid groups (broad SMARTS) is 1. The van der Waals surface area contributed by atoms with Gasteiger partial charge in [-0.15, -0.1) is 12.3 Å². The van der Waals surface area contributed by atoms with Gasteiger partial charge in [0.05, 0.1) is 0 Å². The molecule has 0 fully saturated rings. The number of nitrogens with one attached hydrogen (secondary N) is 2. The molecule has 0 aromatic carbocycles. The number of carboxylic acids is 1. The van der Waals surface area contributed by atoms with Crippen molar-refractivity contribution in [2.75, 3.05) is 13.2 Å². The second-order valence-corrected chi connectivity index (χ2v) is 2.70. The fourth-order valence-electron chi connectivity index (χ4n) is 0.753. The van der Waals surface area contributed by atoms with E-state index >= 15 is 0 Å². The van der Waals surface area contributed by atoms with Gasteiger partial charge in [-0.3, -0.25) is 4.84 Å². The minimum absolute atomic E-state index is 0.476. The van der Waals surface area contributed by atoms with E-state index in [4.69, 9.17) is 11.5 Å². The molecule has 0 aliphatic carbocycles. The standard InChI is InChI=1S/C9H14N2O4/c1-2-3-4-5-6-10-9(14)11-15-7-8(12)13/h1H,3-7H2,(H,12,13)(H2,10,11,14). The van der Waals surface area contributed by atoms with Crippen molar-refractivity contribution in [2.45, 2.75) is 19.3 Å². The maximum absolute atomic E-state index is 10.9. The van der Waals surface area contributed by atoms with Gasteiger partial charge in [-0.05, 0) is 12.8 Å². The summed E-state index contributed by atoms with van der Waals surface area (Å²) in [6.07, 6.45) is 7.33. The Balaban J connectivity index is 3.27. The summed E-state index contributed by atoms with van der Waals surface area (Å²) in [4.78, 5) is 25.2. The summed E-state index contributed by atoms with van der Waals surface area (Å²) < 4.78 is 0. The zero-order valence-corrected chi connectivity index (χ0v) is 8.28. The lowest BCUT2D eigenvalue weighted by molar-refractivity contribution is -0.144. The van der Waals surface area contributed by atoms with Crippen LogP contribution in [0, 0.1) is 12.3 Å². The Labute approximate surface area is 87.9 Å². The zero-order chi connectivity index (χ0) is 11.5. The van der Waals surface area contributed by atoms with Gasteiger partial charge >= 0.3 is 12.0 Å². The quantitative estimate of drug-likeness (QED) is 0.319. The predicted octanol–water partition coefficient (Wildman–Crippen LogP) is 0.105. The first kappa shape index (κ1) is 13.3. The first-order chi connectivity index (χ1) is 7.16. The highest BCUT2D eigenvalue weighted by molar-refractivity contribution is 5.73. The highest BCUT2D eigenvalue weighted by Crippen LogP contribution is 1.90. The molecule has 0 saturated heterocycles. The van der Waals surface area contributed by atoms with Crippen molar-refractivity contribution in [1.82, 2.24) is 10.8 Å². The Hall–Kier alpha value is -1.74. The van der Waals surface area contributed by atoms with Crippen LogP contribution in [-0.2, 0) is 9.63 Å². The van der Waals surface area contributed by atoms with E-state index in [2.05, 4.69) is 16.1 Å². The number of unbranched alkanes of at least 4 members (excludes halogenated alkanes) is 2. The summed E-state index contributed by atoms with van der Waals surface area (Å²) in [6, 6.07) is -0.558. The lowest BCUT2D eigenvalue weighted by atomic mass is 10.2. The van der Waals surface area contributed by atoms with Crippen LogP contribution in [0.3, 0.4) is 0 Å². The molecule has 0 atom stereocenters. The minimum atomic E-state index is -1.15. The van der Waals surface area contributed by atoms with E-state index in [1.54, 1.807) is 0 Å². The summed E-state index contributed by atoms with van der Waals surface area (Å²) in [5.74, 6) is 1.34. The normalized spacial score (nSPS) is 9.00. The summed E-state index contributed by atoms with van der Waals surface area (Å²) in [7, 11) is 0. The lowest BCUT2D eigenvalue weighted by Crippen LogP contribution is -2.37. The summed E-state index contributed by atoms with van der Waals surface area (Å²) in [6.45, 7) is -0.0888. The van der Waals surface area contributed by atoms with E-state index in [1.165, 1.54) is 0 Å². The van der Waals surface area contributed by atoms with Crippen LogP contribution in [-0.4, -0.2) is 30.3 Å². The van der Waals surface area contributed by atoms with Gasteiger partial charge < -0.3 is 10.4 Å². The van der Waals surface area contributed by atoms with Crippen molar-refractivity contribution < 1.29 is 19.5 Å². The summed E-state index contributed by atoms with van der Waals surface area (Å²) in [5.41, 5.74) is 1.93. The number of amides is 2. The van der Waals surface area contributed by atoms with Gasteiger partial charge in [0.1, 0.15) is 0 Å². The van der Waals surface area contributed by atoms with Crippen LogP contribution in [0.5, 0.6) is 0 Å². The number of hydrogen-bond donors (Lipinski definition) is 3. The number of aliphatic carboxylic acids is 1. The number of rotatable bonds is 7. The highest BCUT2D eigenvalue weighted by atomic mass is 16.7. The number of urea groups is 1. The van der Waals surface area contributed by atoms with E-state index in [-0.39, 0.29) is 0 Å². The second kappa shape index (κ2) is 8.84. The number of hydroxylamine groups is 1. The van der Waals surface area contributed by atoms with Gasteiger partial charge in [0, 0.05) is 13.0 Å². The van der Waals surface area contributed by atoms with Crippen molar-refractivity contribution in [1.29, 1.82) is 0 Å². The van der Waals surface area contributed by atoms with Gasteiger partial charge in [-0.1, -0.05) is 0 Å². The van der Waals surface area contributed by atoms with Crippen molar-refractivity contribution in [2.24, 2.45) is 0 Å². The van der Waals surface area contributed by atoms with Crippen LogP contribution in [0.15, 0.2) is 0 Å². The van der Waals surface area contributed by atoms with Crippen LogP contribution < -0.4 is 10.8 Å². The number of carbonyl (C=O) groups excluding carboxylic acids is 1. The van der Waals surface area contributed by atoms with Gasteiger partial charge in [-0.2, -0.15) is 0 Å². The van der Waals surface area contributed by atoms with E-state index in [0.29, 0.717) is 13.0 Å². The number of hydrogen-bond acceptors (Lipinski definition) is 3. The molecule has 2 amide bonds. The van der Waals surface area contributed by atoms with E-state index < -0.39 is 18.6 Å². The van der Waals surface area contributed by atoms with E-state index in [1.807, 2.05) is 5.48 Å². The molecule has 0 aliphatic rings. The molecule has 0 spiro atoms. The summed E-state index contributed by atoms with van der Waals surface area (Å²) in [5, 5.41) is 10.7. The molecule has 0 rings (SSSR count). The van der Waals surface area contributed by atoms with Crippen LogP contribution in [0.1, 0.15) is 19.3 Å². The van der Waals surface area contributed by atoms with Crippen molar-refractivity contribution in [3.8, 4) is 12.3 Å². The molecule has 0 aromatic rings. The van der Waals surface area contributed by atoms with Gasteiger partial charge in [0.25, 0.3) is 0 Å². The van der Waals surface area contributed by atoms with Crippen LogP contribution in [0.4, 0.5) is 4.79 Å². The van der Waals surface area contributed by atoms with Crippen LogP contribution >= 0.6 is 0 Å². The van der Waals surface area contributed by atoms with Gasteiger partial charge in [0.2, 0.25) is 0 Å².